The van der Waals surface area contributed by atoms with E-state index in [4.69, 9.17) is 25.3 Å². The third kappa shape index (κ3) is 6.95. The second kappa shape index (κ2) is 8.83. The monoisotopic (exact) mass is 287 g/mol. The molecule has 0 saturated heterocycles. The Morgan fingerprint density at radius 3 is 2.12 bits per heavy atom. The van der Waals surface area contributed by atoms with Crippen molar-refractivity contribution in [3.05, 3.63) is 0 Å². The van der Waals surface area contributed by atoms with E-state index in [-0.39, 0.29) is 0 Å². The molecule has 6 heteroatoms. The van der Waals surface area contributed by atoms with E-state index in [0.717, 1.165) is 5.75 Å². The van der Waals surface area contributed by atoms with Crippen molar-refractivity contribution in [3.63, 3.8) is 0 Å². The van der Waals surface area contributed by atoms with E-state index in [1.165, 1.54) is 38.5 Å². The summed E-state index contributed by atoms with van der Waals surface area (Å²) in [5.41, 5.74) is 0. The summed E-state index contributed by atoms with van der Waals surface area (Å²) in [6.45, 7) is 2.23. The van der Waals surface area contributed by atoms with Crippen LogP contribution in [0.3, 0.4) is 0 Å². The minimum atomic E-state index is 0.301. The SMILES string of the molecule is CCCCCCCCSc1nc([S-])nc([S-])n1. The normalized spacial score (nSPS) is 10.6. The molecule has 0 bridgehead atoms. The van der Waals surface area contributed by atoms with Crippen molar-refractivity contribution in [3.8, 4) is 0 Å². The Morgan fingerprint density at radius 1 is 0.882 bits per heavy atom. The zero-order chi connectivity index (χ0) is 12.5. The second-order valence-electron chi connectivity index (χ2n) is 3.80. The molecule has 1 aromatic rings. The van der Waals surface area contributed by atoms with Crippen LogP contribution in [0.2, 0.25) is 0 Å². The van der Waals surface area contributed by atoms with E-state index >= 15 is 0 Å². The first-order valence-electron chi connectivity index (χ1n) is 5.95. The molecule has 0 aliphatic carbocycles. The van der Waals surface area contributed by atoms with Crippen LogP contribution in [0.15, 0.2) is 15.5 Å². The van der Waals surface area contributed by atoms with Crippen LogP contribution in [-0.2, 0) is 25.3 Å². The van der Waals surface area contributed by atoms with E-state index in [9.17, 15) is 0 Å². The van der Waals surface area contributed by atoms with Crippen LogP contribution < -0.4 is 0 Å². The van der Waals surface area contributed by atoms with Gasteiger partial charge in [0.15, 0.2) is 5.16 Å². The van der Waals surface area contributed by atoms with E-state index in [0.29, 0.717) is 15.5 Å². The van der Waals surface area contributed by atoms with E-state index in [1.54, 1.807) is 11.8 Å². The van der Waals surface area contributed by atoms with Crippen LogP contribution >= 0.6 is 11.8 Å². The molecule has 0 radical (unpaired) electrons. The van der Waals surface area contributed by atoms with Gasteiger partial charge in [-0.25, -0.2) is 9.97 Å². The first kappa shape index (κ1) is 14.9. The maximum Gasteiger partial charge on any atom is 0.187 e. The number of nitrogens with zero attached hydrogens (tertiary/aromatic N) is 3. The van der Waals surface area contributed by atoms with Crippen molar-refractivity contribution in [2.24, 2.45) is 0 Å². The number of thioether (sulfide) groups is 1. The van der Waals surface area contributed by atoms with Crippen molar-refractivity contribution < 1.29 is 0 Å². The van der Waals surface area contributed by atoms with Gasteiger partial charge in [-0.2, -0.15) is 0 Å². The summed E-state index contributed by atoms with van der Waals surface area (Å²) in [4.78, 5) is 11.9. The topological polar surface area (TPSA) is 38.7 Å². The highest BCUT2D eigenvalue weighted by Crippen LogP contribution is 2.16. The Morgan fingerprint density at radius 2 is 1.47 bits per heavy atom. The van der Waals surface area contributed by atoms with Crippen LogP contribution in [0, 0.1) is 0 Å². The van der Waals surface area contributed by atoms with Gasteiger partial charge in [-0.15, -0.1) is 0 Å². The second-order valence-corrected chi connectivity index (χ2v) is 5.59. The minimum Gasteiger partial charge on any atom is -0.740 e. The molecule has 17 heavy (non-hydrogen) atoms. The molecule has 96 valence electrons. The Bertz CT molecular complexity index is 313. The van der Waals surface area contributed by atoms with Crippen LogP contribution in [0.5, 0.6) is 0 Å². The van der Waals surface area contributed by atoms with Gasteiger partial charge < -0.3 is 25.3 Å². The standard InChI is InChI=1S/C11H19N3S3/c1-2-3-4-5-6-7-8-17-11-13-9(15)12-10(16)14-11/h2-8H2,1H3,(H2,12,13,14,15,16)/p-2. The third-order valence-electron chi connectivity index (χ3n) is 2.30. The summed E-state index contributed by atoms with van der Waals surface area (Å²) in [6, 6.07) is 0. The van der Waals surface area contributed by atoms with Crippen molar-refractivity contribution >= 4 is 37.0 Å². The molecule has 1 heterocycles. The summed E-state index contributed by atoms with van der Waals surface area (Å²) >= 11 is 11.4. The Labute approximate surface area is 118 Å². The van der Waals surface area contributed by atoms with E-state index in [1.807, 2.05) is 0 Å². The first-order chi connectivity index (χ1) is 8.22. The zero-order valence-corrected chi connectivity index (χ0v) is 12.5. The predicted octanol–water partition coefficient (Wildman–Crippen LogP) is 3.14. The molecule has 0 spiro atoms. The van der Waals surface area contributed by atoms with Gasteiger partial charge in [0.2, 0.25) is 0 Å². The van der Waals surface area contributed by atoms with Gasteiger partial charge in [0, 0.05) is 16.1 Å². The number of unbranched alkanes of at least 4 members (excludes halogenated alkanes) is 5. The molecule has 0 aromatic carbocycles. The fourth-order valence-corrected chi connectivity index (χ4v) is 2.78. The lowest BCUT2D eigenvalue weighted by atomic mass is 10.1. The first-order valence-corrected chi connectivity index (χ1v) is 7.75. The number of rotatable bonds is 8. The predicted molar refractivity (Wildman–Crippen MR) is 75.2 cm³/mol. The fraction of sp³-hybridized carbons (Fsp3) is 0.727. The molecule has 0 aliphatic heterocycles. The maximum atomic E-state index is 4.89. The summed E-state index contributed by atoms with van der Waals surface area (Å²) in [5, 5.41) is 1.27. The van der Waals surface area contributed by atoms with Crippen molar-refractivity contribution in [2.75, 3.05) is 5.75 Å². The van der Waals surface area contributed by atoms with Crippen LogP contribution in [0.25, 0.3) is 0 Å². The highest BCUT2D eigenvalue weighted by atomic mass is 32.2. The summed E-state index contributed by atoms with van der Waals surface area (Å²) in [5.74, 6) is 1.03. The lowest BCUT2D eigenvalue weighted by Gasteiger charge is -2.11. The molecule has 0 amide bonds. The summed E-state index contributed by atoms with van der Waals surface area (Å²) < 4.78 is 0. The molecular weight excluding hydrogens is 270 g/mol. The van der Waals surface area contributed by atoms with Gasteiger partial charge in [0.05, 0.1) is 0 Å². The molecule has 0 aliphatic rings. The quantitative estimate of drug-likeness (QED) is 0.415. The Balaban J connectivity index is 2.13. The lowest BCUT2D eigenvalue weighted by Crippen LogP contribution is -1.97. The number of hydrogen-bond donors (Lipinski definition) is 0. The van der Waals surface area contributed by atoms with Gasteiger partial charge in [-0.1, -0.05) is 50.8 Å². The Kier molecular flexibility index (Phi) is 7.72. The molecule has 0 unspecified atom stereocenters. The minimum absolute atomic E-state index is 0.301. The van der Waals surface area contributed by atoms with Gasteiger partial charge in [0.1, 0.15) is 0 Å². The van der Waals surface area contributed by atoms with Crippen molar-refractivity contribution in [1.29, 1.82) is 0 Å². The van der Waals surface area contributed by atoms with Crippen LogP contribution in [-0.4, -0.2) is 20.7 Å². The fourth-order valence-electron chi connectivity index (χ4n) is 1.43. The highest BCUT2D eigenvalue weighted by Gasteiger charge is 1.97. The molecular formula is C11H17N3S3-2. The lowest BCUT2D eigenvalue weighted by molar-refractivity contribution is 0.626. The maximum absolute atomic E-state index is 4.89. The average Bonchev–Trinajstić information content (AvgIpc) is 2.26. The average molecular weight is 287 g/mol. The molecule has 1 aromatic heterocycles. The molecule has 0 saturated carbocycles. The van der Waals surface area contributed by atoms with E-state index in [2.05, 4.69) is 21.9 Å². The van der Waals surface area contributed by atoms with Gasteiger partial charge in [-0.05, 0) is 6.42 Å². The molecule has 3 nitrogen and oxygen atoms in total. The van der Waals surface area contributed by atoms with Crippen LogP contribution in [0.1, 0.15) is 45.4 Å². The van der Waals surface area contributed by atoms with Crippen LogP contribution in [0.4, 0.5) is 0 Å². The third-order valence-corrected chi connectivity index (χ3v) is 3.60. The van der Waals surface area contributed by atoms with Gasteiger partial charge in [-0.3, -0.25) is 4.98 Å². The summed E-state index contributed by atoms with van der Waals surface area (Å²) in [6.07, 6.45) is 7.78. The molecule has 0 fully saturated rings. The molecule has 0 atom stereocenters. The smallest absolute Gasteiger partial charge is 0.187 e. The van der Waals surface area contributed by atoms with Crippen molar-refractivity contribution in [1.82, 2.24) is 15.0 Å². The molecule has 1 rings (SSSR count). The van der Waals surface area contributed by atoms with E-state index < -0.39 is 0 Å². The molecule has 0 N–H and O–H groups in total. The number of aromatic nitrogens is 3. The number of hydrogen-bond acceptors (Lipinski definition) is 6. The summed E-state index contributed by atoms with van der Waals surface area (Å²) in [7, 11) is 0. The highest BCUT2D eigenvalue weighted by molar-refractivity contribution is 7.99. The van der Waals surface area contributed by atoms with Gasteiger partial charge in [0.25, 0.3) is 0 Å². The van der Waals surface area contributed by atoms with Gasteiger partial charge >= 0.3 is 0 Å². The van der Waals surface area contributed by atoms with Crippen molar-refractivity contribution in [2.45, 2.75) is 60.9 Å². The largest absolute Gasteiger partial charge is 0.740 e. The zero-order valence-electron chi connectivity index (χ0n) is 10.0. The Hall–Kier alpha value is -0.200.